The minimum Gasteiger partial charge on any atom is -0.346 e. The number of imidazole rings is 1. The number of piperidine rings is 1. The van der Waals surface area contributed by atoms with Gasteiger partial charge in [-0.15, -0.1) is 0 Å². The third kappa shape index (κ3) is 4.07. The number of likely N-dealkylation sites (tertiary alicyclic amines) is 1. The first-order valence-electron chi connectivity index (χ1n) is 8.71. The Kier molecular flexibility index (Phi) is 5.16. The molecule has 1 aliphatic heterocycles. The van der Waals surface area contributed by atoms with Crippen LogP contribution >= 0.6 is 0 Å². The SMILES string of the molecule is CC(=O)N1CCC[C@@H](C(=O)N[C@H](C)c2ncc(-c3ccccc3)[nH]2)C1. The fourth-order valence-corrected chi connectivity index (χ4v) is 3.20. The van der Waals surface area contributed by atoms with Crippen LogP contribution in [-0.4, -0.2) is 39.8 Å². The largest absolute Gasteiger partial charge is 0.346 e. The summed E-state index contributed by atoms with van der Waals surface area (Å²) in [5, 5.41) is 3.02. The molecule has 1 aromatic heterocycles. The third-order valence-corrected chi connectivity index (χ3v) is 4.69. The second-order valence-corrected chi connectivity index (χ2v) is 6.58. The molecule has 25 heavy (non-hydrogen) atoms. The smallest absolute Gasteiger partial charge is 0.225 e. The van der Waals surface area contributed by atoms with Gasteiger partial charge in [-0.2, -0.15) is 0 Å². The topological polar surface area (TPSA) is 78.1 Å². The van der Waals surface area contributed by atoms with Crippen LogP contribution in [0.25, 0.3) is 11.3 Å². The van der Waals surface area contributed by atoms with Crippen LogP contribution in [0.4, 0.5) is 0 Å². The van der Waals surface area contributed by atoms with Crippen molar-refractivity contribution in [3.8, 4) is 11.3 Å². The van der Waals surface area contributed by atoms with Gasteiger partial charge in [-0.1, -0.05) is 30.3 Å². The maximum atomic E-state index is 12.5. The first kappa shape index (κ1) is 17.2. The number of nitrogens with one attached hydrogen (secondary N) is 2. The predicted molar refractivity (Wildman–Crippen MR) is 95.6 cm³/mol. The molecule has 0 spiro atoms. The van der Waals surface area contributed by atoms with Crippen molar-refractivity contribution >= 4 is 11.8 Å². The molecule has 1 aliphatic rings. The Bertz CT molecular complexity index is 741. The molecule has 0 unspecified atom stereocenters. The van der Waals surface area contributed by atoms with E-state index < -0.39 is 0 Å². The number of carbonyl (C=O) groups excluding carboxylic acids is 2. The fourth-order valence-electron chi connectivity index (χ4n) is 3.20. The Balaban J connectivity index is 1.62. The van der Waals surface area contributed by atoms with Crippen molar-refractivity contribution in [1.29, 1.82) is 0 Å². The Morgan fingerprint density at radius 3 is 2.80 bits per heavy atom. The van der Waals surface area contributed by atoms with Gasteiger partial charge in [-0.05, 0) is 25.3 Å². The highest BCUT2D eigenvalue weighted by molar-refractivity contribution is 5.81. The Hall–Kier alpha value is -2.63. The van der Waals surface area contributed by atoms with Gasteiger partial charge in [-0.3, -0.25) is 9.59 Å². The van der Waals surface area contributed by atoms with Crippen molar-refractivity contribution < 1.29 is 9.59 Å². The van der Waals surface area contributed by atoms with E-state index in [4.69, 9.17) is 0 Å². The zero-order chi connectivity index (χ0) is 17.8. The van der Waals surface area contributed by atoms with Gasteiger partial charge < -0.3 is 15.2 Å². The molecule has 0 saturated carbocycles. The normalized spacial score (nSPS) is 18.6. The molecule has 2 amide bonds. The lowest BCUT2D eigenvalue weighted by Crippen LogP contribution is -2.45. The molecule has 6 nitrogen and oxygen atoms in total. The second-order valence-electron chi connectivity index (χ2n) is 6.58. The molecule has 2 aromatic rings. The van der Waals surface area contributed by atoms with Crippen molar-refractivity contribution in [1.82, 2.24) is 20.2 Å². The Labute approximate surface area is 147 Å². The van der Waals surface area contributed by atoms with Gasteiger partial charge in [-0.25, -0.2) is 4.98 Å². The van der Waals surface area contributed by atoms with Crippen LogP contribution in [-0.2, 0) is 9.59 Å². The van der Waals surface area contributed by atoms with E-state index in [1.807, 2.05) is 37.3 Å². The zero-order valence-electron chi connectivity index (χ0n) is 14.7. The molecule has 1 aromatic carbocycles. The maximum absolute atomic E-state index is 12.5. The highest BCUT2D eigenvalue weighted by Crippen LogP contribution is 2.21. The number of H-pyrrole nitrogens is 1. The number of amides is 2. The Morgan fingerprint density at radius 1 is 1.32 bits per heavy atom. The van der Waals surface area contributed by atoms with Crippen LogP contribution in [0.3, 0.4) is 0 Å². The van der Waals surface area contributed by atoms with Crippen LogP contribution in [0.2, 0.25) is 0 Å². The summed E-state index contributed by atoms with van der Waals surface area (Å²) < 4.78 is 0. The van der Waals surface area contributed by atoms with Crippen molar-refractivity contribution in [2.24, 2.45) is 5.92 Å². The molecule has 2 atom stereocenters. The van der Waals surface area contributed by atoms with E-state index in [1.165, 1.54) is 0 Å². The third-order valence-electron chi connectivity index (χ3n) is 4.69. The van der Waals surface area contributed by atoms with Crippen LogP contribution in [0.15, 0.2) is 36.5 Å². The number of aromatic amines is 1. The number of nitrogens with zero attached hydrogens (tertiary/aromatic N) is 2. The maximum Gasteiger partial charge on any atom is 0.225 e. The van der Waals surface area contributed by atoms with Crippen LogP contribution in [0, 0.1) is 5.92 Å². The predicted octanol–water partition coefficient (Wildman–Crippen LogP) is 2.51. The Morgan fingerprint density at radius 2 is 2.08 bits per heavy atom. The van der Waals surface area contributed by atoms with Crippen LogP contribution in [0.1, 0.15) is 38.6 Å². The van der Waals surface area contributed by atoms with E-state index in [-0.39, 0.29) is 23.8 Å². The minimum absolute atomic E-state index is 0.0175. The first-order valence-corrected chi connectivity index (χ1v) is 8.71. The molecule has 0 radical (unpaired) electrons. The van der Waals surface area contributed by atoms with Crippen molar-refractivity contribution in [3.63, 3.8) is 0 Å². The van der Waals surface area contributed by atoms with Crippen molar-refractivity contribution in [3.05, 3.63) is 42.4 Å². The van der Waals surface area contributed by atoms with Gasteiger partial charge in [0, 0.05) is 20.0 Å². The number of rotatable bonds is 4. The van der Waals surface area contributed by atoms with E-state index in [9.17, 15) is 9.59 Å². The van der Waals surface area contributed by atoms with Crippen LogP contribution < -0.4 is 5.32 Å². The second kappa shape index (κ2) is 7.51. The minimum atomic E-state index is -0.210. The molecule has 1 fully saturated rings. The number of hydrogen-bond acceptors (Lipinski definition) is 3. The van der Waals surface area contributed by atoms with Gasteiger partial charge in [0.05, 0.1) is 23.9 Å². The average molecular weight is 340 g/mol. The molecule has 0 aliphatic carbocycles. The summed E-state index contributed by atoms with van der Waals surface area (Å²) in [4.78, 5) is 33.5. The molecule has 132 valence electrons. The summed E-state index contributed by atoms with van der Waals surface area (Å²) >= 11 is 0. The number of benzene rings is 1. The van der Waals surface area contributed by atoms with Gasteiger partial charge in [0.25, 0.3) is 0 Å². The molecular formula is C19H24N4O2. The summed E-state index contributed by atoms with van der Waals surface area (Å²) in [7, 11) is 0. The number of hydrogen-bond donors (Lipinski definition) is 2. The van der Waals surface area contributed by atoms with Crippen LogP contribution in [0.5, 0.6) is 0 Å². The van der Waals surface area contributed by atoms with Gasteiger partial charge >= 0.3 is 0 Å². The van der Waals surface area contributed by atoms with E-state index >= 15 is 0 Å². The number of aromatic nitrogens is 2. The highest BCUT2D eigenvalue weighted by Gasteiger charge is 2.28. The lowest BCUT2D eigenvalue weighted by molar-refractivity contribution is -0.134. The summed E-state index contributed by atoms with van der Waals surface area (Å²) in [5.41, 5.74) is 1.99. The van der Waals surface area contributed by atoms with E-state index in [0.29, 0.717) is 6.54 Å². The molecule has 2 heterocycles. The lowest BCUT2D eigenvalue weighted by Gasteiger charge is -2.31. The lowest BCUT2D eigenvalue weighted by atomic mass is 9.97. The molecule has 3 rings (SSSR count). The van der Waals surface area contributed by atoms with Crippen molar-refractivity contribution in [2.75, 3.05) is 13.1 Å². The van der Waals surface area contributed by atoms with E-state index in [1.54, 1.807) is 18.0 Å². The van der Waals surface area contributed by atoms with Crippen molar-refractivity contribution in [2.45, 2.75) is 32.7 Å². The molecule has 1 saturated heterocycles. The summed E-state index contributed by atoms with van der Waals surface area (Å²) in [6.07, 6.45) is 3.46. The highest BCUT2D eigenvalue weighted by atomic mass is 16.2. The standard InChI is InChI=1S/C19H24N4O2/c1-13(18-20-11-17(22-18)15-7-4-3-5-8-15)21-19(25)16-9-6-10-23(12-16)14(2)24/h3-5,7-8,11,13,16H,6,9-10,12H2,1-2H3,(H,20,22)(H,21,25)/t13-,16-/m1/s1. The molecule has 0 bridgehead atoms. The quantitative estimate of drug-likeness (QED) is 0.898. The van der Waals surface area contributed by atoms with Gasteiger partial charge in [0.2, 0.25) is 11.8 Å². The molecule has 6 heteroatoms. The fraction of sp³-hybridized carbons (Fsp3) is 0.421. The van der Waals surface area contributed by atoms with E-state index in [2.05, 4.69) is 15.3 Å². The van der Waals surface area contributed by atoms with Gasteiger partial charge in [0.15, 0.2) is 0 Å². The molecular weight excluding hydrogens is 316 g/mol. The first-order chi connectivity index (χ1) is 12.0. The van der Waals surface area contributed by atoms with E-state index in [0.717, 1.165) is 36.5 Å². The summed E-state index contributed by atoms with van der Waals surface area (Å²) in [6, 6.07) is 9.74. The zero-order valence-corrected chi connectivity index (χ0v) is 14.7. The summed E-state index contributed by atoms with van der Waals surface area (Å²) in [5.74, 6) is 0.593. The molecule has 2 N–H and O–H groups in total. The average Bonchev–Trinajstić information content (AvgIpc) is 3.13. The number of carbonyl (C=O) groups is 2. The van der Waals surface area contributed by atoms with Gasteiger partial charge in [0.1, 0.15) is 5.82 Å². The summed E-state index contributed by atoms with van der Waals surface area (Å²) in [6.45, 7) is 4.71. The monoisotopic (exact) mass is 340 g/mol.